The lowest BCUT2D eigenvalue weighted by atomic mass is 10.1. The first-order valence-corrected chi connectivity index (χ1v) is 11.6. The Labute approximate surface area is 177 Å². The number of carbonyl (C=O) groups is 2. The van der Waals surface area contributed by atoms with Crippen molar-refractivity contribution < 1.29 is 9.59 Å². The lowest BCUT2D eigenvalue weighted by Gasteiger charge is -2.30. The van der Waals surface area contributed by atoms with E-state index in [9.17, 15) is 9.59 Å². The summed E-state index contributed by atoms with van der Waals surface area (Å²) in [6.07, 6.45) is 13.1. The Bertz CT molecular complexity index is 634. The van der Waals surface area contributed by atoms with Gasteiger partial charge in [-0.2, -0.15) is 0 Å². The zero-order chi connectivity index (χ0) is 21.2. The Kier molecular flexibility index (Phi) is 9.75. The Balaban J connectivity index is 1.83. The van der Waals surface area contributed by atoms with Gasteiger partial charge in [0.05, 0.1) is 13.1 Å². The maximum atomic E-state index is 13.1. The molecule has 2 rings (SSSR count). The fourth-order valence-electron chi connectivity index (χ4n) is 3.81. The van der Waals surface area contributed by atoms with Crippen LogP contribution in [0.3, 0.4) is 0 Å². The predicted molar refractivity (Wildman–Crippen MR) is 118 cm³/mol. The molecule has 0 spiro atoms. The molecule has 0 radical (unpaired) electrons. The fraction of sp³-hybridized carbons (Fsp3) is 0.750. The van der Waals surface area contributed by atoms with Crippen molar-refractivity contribution in [1.82, 2.24) is 14.4 Å². The Morgan fingerprint density at radius 3 is 2.28 bits per heavy atom. The molecule has 0 atom stereocenters. The lowest BCUT2D eigenvalue weighted by Crippen LogP contribution is -2.46. The summed E-state index contributed by atoms with van der Waals surface area (Å²) in [5.41, 5.74) is 1.13. The summed E-state index contributed by atoms with van der Waals surface area (Å²) < 4.78 is 2.06. The van der Waals surface area contributed by atoms with E-state index in [1.165, 1.54) is 32.1 Å². The third-order valence-electron chi connectivity index (χ3n) is 5.94. The molecule has 0 unspecified atom stereocenters. The molecular formula is C24H41N3O2. The van der Waals surface area contributed by atoms with Crippen LogP contribution in [-0.2, 0) is 23.2 Å². The summed E-state index contributed by atoms with van der Waals surface area (Å²) in [4.78, 5) is 29.6. The van der Waals surface area contributed by atoms with Crippen LogP contribution in [0, 0.1) is 0 Å². The van der Waals surface area contributed by atoms with Crippen molar-refractivity contribution in [2.45, 2.75) is 104 Å². The van der Waals surface area contributed by atoms with Crippen LogP contribution in [0.25, 0.3) is 0 Å². The first-order valence-electron chi connectivity index (χ1n) is 11.6. The smallest absolute Gasteiger partial charge is 0.242 e. The summed E-state index contributed by atoms with van der Waals surface area (Å²) in [6, 6.07) is 4.46. The van der Waals surface area contributed by atoms with E-state index in [1.807, 2.05) is 38.1 Å². The van der Waals surface area contributed by atoms with Gasteiger partial charge in [-0.05, 0) is 45.2 Å². The SMILES string of the molecule is CCCCCCCCCC(=O)N(CC(=O)N(Cc1cccn1C)C1CC1)C(C)C. The molecule has 0 aromatic carbocycles. The van der Waals surface area contributed by atoms with Gasteiger partial charge in [0.25, 0.3) is 0 Å². The molecule has 1 saturated carbocycles. The van der Waals surface area contributed by atoms with E-state index in [4.69, 9.17) is 0 Å². The second-order valence-corrected chi connectivity index (χ2v) is 8.85. The van der Waals surface area contributed by atoms with Gasteiger partial charge in [0, 0.05) is 37.4 Å². The Morgan fingerprint density at radius 1 is 1.07 bits per heavy atom. The highest BCUT2D eigenvalue weighted by atomic mass is 16.2. The van der Waals surface area contributed by atoms with Gasteiger partial charge in [0.2, 0.25) is 11.8 Å². The van der Waals surface area contributed by atoms with Crippen molar-refractivity contribution in [1.29, 1.82) is 0 Å². The standard InChI is InChI=1S/C24H41N3O2/c1-5-6-7-8-9-10-11-14-23(28)26(20(2)3)19-24(29)27(21-15-16-21)18-22-13-12-17-25(22)4/h12-13,17,20-21H,5-11,14-16,18-19H2,1-4H3. The summed E-state index contributed by atoms with van der Waals surface area (Å²) >= 11 is 0. The topological polar surface area (TPSA) is 45.6 Å². The van der Waals surface area contributed by atoms with Gasteiger partial charge in [-0.1, -0.05) is 45.4 Å². The third-order valence-corrected chi connectivity index (χ3v) is 5.94. The van der Waals surface area contributed by atoms with E-state index >= 15 is 0 Å². The lowest BCUT2D eigenvalue weighted by molar-refractivity contribution is -0.142. The van der Waals surface area contributed by atoms with Gasteiger partial charge in [0.1, 0.15) is 0 Å². The van der Waals surface area contributed by atoms with E-state index in [-0.39, 0.29) is 24.4 Å². The largest absolute Gasteiger partial charge is 0.353 e. The number of rotatable bonds is 14. The van der Waals surface area contributed by atoms with Gasteiger partial charge in [-0.25, -0.2) is 0 Å². The zero-order valence-electron chi connectivity index (χ0n) is 19.0. The molecule has 0 bridgehead atoms. The number of aromatic nitrogens is 1. The molecule has 1 aliphatic rings. The summed E-state index contributed by atoms with van der Waals surface area (Å²) in [7, 11) is 2.01. The highest BCUT2D eigenvalue weighted by Gasteiger charge is 2.34. The number of hydrogen-bond donors (Lipinski definition) is 0. The number of aryl methyl sites for hydroxylation is 1. The van der Waals surface area contributed by atoms with Gasteiger partial charge in [-0.3, -0.25) is 9.59 Å². The summed E-state index contributed by atoms with van der Waals surface area (Å²) in [5.74, 6) is 0.201. The summed E-state index contributed by atoms with van der Waals surface area (Å²) in [5, 5.41) is 0. The van der Waals surface area contributed by atoms with Crippen molar-refractivity contribution in [3.05, 3.63) is 24.0 Å². The number of amides is 2. The molecule has 1 heterocycles. The maximum Gasteiger partial charge on any atom is 0.242 e. The minimum atomic E-state index is 0.0482. The molecule has 0 N–H and O–H groups in total. The molecule has 1 aromatic rings. The molecule has 0 aliphatic heterocycles. The predicted octanol–water partition coefficient (Wildman–Crippen LogP) is 4.89. The fourth-order valence-corrected chi connectivity index (χ4v) is 3.81. The average Bonchev–Trinajstić information content (AvgIpc) is 3.44. The number of carbonyl (C=O) groups excluding carboxylic acids is 2. The molecule has 164 valence electrons. The van der Waals surface area contributed by atoms with Crippen molar-refractivity contribution in [3.8, 4) is 0 Å². The van der Waals surface area contributed by atoms with Gasteiger partial charge in [-0.15, -0.1) is 0 Å². The number of hydrogen-bond acceptors (Lipinski definition) is 2. The van der Waals surface area contributed by atoms with E-state index < -0.39 is 0 Å². The molecule has 1 aromatic heterocycles. The highest BCUT2D eigenvalue weighted by Crippen LogP contribution is 2.29. The quantitative estimate of drug-likeness (QED) is 0.415. The molecule has 5 nitrogen and oxygen atoms in total. The van der Waals surface area contributed by atoms with Crippen molar-refractivity contribution in [2.75, 3.05) is 6.54 Å². The first-order chi connectivity index (χ1) is 13.9. The molecule has 29 heavy (non-hydrogen) atoms. The molecule has 2 amide bonds. The first kappa shape index (κ1) is 23.5. The minimum absolute atomic E-state index is 0.0482. The van der Waals surface area contributed by atoms with E-state index in [0.29, 0.717) is 19.0 Å². The van der Waals surface area contributed by atoms with Crippen LogP contribution in [0.2, 0.25) is 0 Å². The second kappa shape index (κ2) is 12.0. The van der Waals surface area contributed by atoms with Crippen LogP contribution >= 0.6 is 0 Å². The molecular weight excluding hydrogens is 362 g/mol. The highest BCUT2D eigenvalue weighted by molar-refractivity contribution is 5.85. The Morgan fingerprint density at radius 2 is 1.72 bits per heavy atom. The van der Waals surface area contributed by atoms with E-state index in [2.05, 4.69) is 17.6 Å². The van der Waals surface area contributed by atoms with Crippen LogP contribution in [0.5, 0.6) is 0 Å². The molecule has 1 aliphatic carbocycles. The second-order valence-electron chi connectivity index (χ2n) is 8.85. The average molecular weight is 404 g/mol. The van der Waals surface area contributed by atoms with Crippen molar-refractivity contribution in [2.24, 2.45) is 7.05 Å². The van der Waals surface area contributed by atoms with Crippen LogP contribution in [0.15, 0.2) is 18.3 Å². The molecule has 0 saturated heterocycles. The third kappa shape index (κ3) is 7.87. The normalized spacial score (nSPS) is 13.7. The van der Waals surface area contributed by atoms with Crippen molar-refractivity contribution >= 4 is 11.8 Å². The number of unbranched alkanes of at least 4 members (excludes halogenated alkanes) is 6. The maximum absolute atomic E-state index is 13.1. The van der Waals surface area contributed by atoms with E-state index in [1.54, 1.807) is 4.90 Å². The minimum Gasteiger partial charge on any atom is -0.353 e. The summed E-state index contributed by atoms with van der Waals surface area (Å²) in [6.45, 7) is 7.08. The van der Waals surface area contributed by atoms with E-state index in [0.717, 1.165) is 31.4 Å². The van der Waals surface area contributed by atoms with Gasteiger partial charge < -0.3 is 14.4 Å². The van der Waals surface area contributed by atoms with Crippen LogP contribution in [0.4, 0.5) is 0 Å². The van der Waals surface area contributed by atoms with Crippen LogP contribution in [0.1, 0.15) is 90.7 Å². The van der Waals surface area contributed by atoms with Crippen molar-refractivity contribution in [3.63, 3.8) is 0 Å². The van der Waals surface area contributed by atoms with Gasteiger partial charge in [0.15, 0.2) is 0 Å². The number of nitrogens with zero attached hydrogens (tertiary/aromatic N) is 3. The van der Waals surface area contributed by atoms with Gasteiger partial charge >= 0.3 is 0 Å². The van der Waals surface area contributed by atoms with Crippen LogP contribution in [-0.4, -0.2) is 44.8 Å². The van der Waals surface area contributed by atoms with Crippen LogP contribution < -0.4 is 0 Å². The molecule has 1 fully saturated rings. The monoisotopic (exact) mass is 403 g/mol. The molecule has 5 heteroatoms. The Hall–Kier alpha value is -1.78. The zero-order valence-corrected chi connectivity index (χ0v) is 19.0.